The van der Waals surface area contributed by atoms with E-state index in [9.17, 15) is 0 Å². The van der Waals surface area contributed by atoms with Crippen molar-refractivity contribution < 1.29 is 0 Å². The second-order valence-electron chi connectivity index (χ2n) is 5.12. The molecule has 0 aromatic heterocycles. The third kappa shape index (κ3) is 3.26. The molecule has 1 N–H and O–H groups in total. The molecule has 1 aliphatic carbocycles. The highest BCUT2D eigenvalue weighted by Gasteiger charge is 2.32. The molecule has 0 radical (unpaired) electrons. The fourth-order valence-electron chi connectivity index (χ4n) is 2.71. The molecule has 0 aliphatic heterocycles. The normalized spacial score (nSPS) is 18.5. The van der Waals surface area contributed by atoms with E-state index >= 15 is 0 Å². The summed E-state index contributed by atoms with van der Waals surface area (Å²) in [4.78, 5) is 0. The van der Waals surface area contributed by atoms with E-state index in [4.69, 9.17) is 0 Å². The van der Waals surface area contributed by atoms with Crippen LogP contribution in [0.25, 0.3) is 0 Å². The van der Waals surface area contributed by atoms with E-state index in [1.807, 2.05) is 0 Å². The molecule has 0 unspecified atom stereocenters. The van der Waals surface area contributed by atoms with Crippen molar-refractivity contribution in [2.45, 2.75) is 43.9 Å². The number of nitrogens with one attached hydrogen (secondary N) is 1. The van der Waals surface area contributed by atoms with Gasteiger partial charge in [0.25, 0.3) is 0 Å². The van der Waals surface area contributed by atoms with Gasteiger partial charge in [-0.05, 0) is 37.1 Å². The Morgan fingerprint density at radius 3 is 2.59 bits per heavy atom. The lowest BCUT2D eigenvalue weighted by atomic mass is 10.1. The summed E-state index contributed by atoms with van der Waals surface area (Å²) in [6.45, 7) is 4.36. The van der Waals surface area contributed by atoms with E-state index in [-0.39, 0.29) is 0 Å². The van der Waals surface area contributed by atoms with Crippen LogP contribution in [0.4, 0.5) is 0 Å². The lowest BCUT2D eigenvalue weighted by molar-refractivity contribution is 0.533. The topological polar surface area (TPSA) is 12.0 Å². The van der Waals surface area contributed by atoms with Crippen LogP contribution in [0.2, 0.25) is 0 Å². The van der Waals surface area contributed by atoms with Gasteiger partial charge in [0, 0.05) is 17.8 Å². The summed E-state index contributed by atoms with van der Waals surface area (Å²) in [6, 6.07) is 8.66. The van der Waals surface area contributed by atoms with Crippen molar-refractivity contribution in [3.8, 4) is 0 Å². The molecule has 2 rings (SSSR count). The fraction of sp³-hybridized carbons (Fsp3) is 0.600. The van der Waals surface area contributed by atoms with E-state index in [0.717, 1.165) is 13.1 Å². The quantitative estimate of drug-likeness (QED) is 0.852. The Bertz CT molecular complexity index is 356. The van der Waals surface area contributed by atoms with Gasteiger partial charge < -0.3 is 5.32 Å². The van der Waals surface area contributed by atoms with Gasteiger partial charge in [-0.1, -0.05) is 37.1 Å². The van der Waals surface area contributed by atoms with Crippen molar-refractivity contribution >= 4 is 11.8 Å². The molecule has 1 aromatic rings. The van der Waals surface area contributed by atoms with Gasteiger partial charge in [0.2, 0.25) is 0 Å². The average molecular weight is 249 g/mol. The molecular formula is C15H23NS. The number of rotatable bonds is 5. The first-order valence-corrected chi connectivity index (χ1v) is 7.79. The molecule has 1 aliphatic rings. The number of aryl methyl sites for hydroxylation is 1. The maximum Gasteiger partial charge on any atom is 0.0281 e. The van der Waals surface area contributed by atoms with Crippen LogP contribution in [0.3, 0.4) is 0 Å². The van der Waals surface area contributed by atoms with E-state index in [1.165, 1.54) is 36.8 Å². The monoisotopic (exact) mass is 249 g/mol. The predicted molar refractivity (Wildman–Crippen MR) is 77.6 cm³/mol. The van der Waals surface area contributed by atoms with Crippen LogP contribution >= 0.6 is 11.8 Å². The zero-order valence-corrected chi connectivity index (χ0v) is 11.8. The third-order valence-electron chi connectivity index (χ3n) is 3.97. The number of hydrogen-bond donors (Lipinski definition) is 1. The van der Waals surface area contributed by atoms with Crippen molar-refractivity contribution in [2.75, 3.05) is 12.8 Å². The Kier molecular flexibility index (Phi) is 4.52. The summed E-state index contributed by atoms with van der Waals surface area (Å²) in [6.07, 6.45) is 7.85. The van der Waals surface area contributed by atoms with E-state index in [1.54, 1.807) is 0 Å². The van der Waals surface area contributed by atoms with Crippen LogP contribution in [0, 0.1) is 6.92 Å². The van der Waals surface area contributed by atoms with Gasteiger partial charge >= 0.3 is 0 Å². The molecule has 1 saturated carbocycles. The summed E-state index contributed by atoms with van der Waals surface area (Å²) in [5, 5.41) is 3.66. The molecule has 0 spiro atoms. The van der Waals surface area contributed by atoms with Crippen LogP contribution in [0.5, 0.6) is 0 Å². The van der Waals surface area contributed by atoms with E-state index in [2.05, 4.69) is 54.5 Å². The van der Waals surface area contributed by atoms with Crippen molar-refractivity contribution in [1.29, 1.82) is 0 Å². The van der Waals surface area contributed by atoms with Gasteiger partial charge in [-0.2, -0.15) is 11.8 Å². The van der Waals surface area contributed by atoms with Crippen LogP contribution in [0.1, 0.15) is 36.8 Å². The lowest BCUT2D eigenvalue weighted by Crippen LogP contribution is -2.34. The molecule has 0 heterocycles. The molecule has 0 saturated heterocycles. The summed E-state index contributed by atoms with van der Waals surface area (Å²) < 4.78 is 0.517. The van der Waals surface area contributed by atoms with Crippen molar-refractivity contribution in [1.82, 2.24) is 5.32 Å². The molecule has 1 nitrogen and oxygen atoms in total. The SMILES string of the molecule is CSC1(CNCc2ccccc2C)CCCC1. The minimum atomic E-state index is 0.517. The molecule has 94 valence electrons. The van der Waals surface area contributed by atoms with E-state index < -0.39 is 0 Å². The molecule has 0 atom stereocenters. The highest BCUT2D eigenvalue weighted by molar-refractivity contribution is 8.00. The van der Waals surface area contributed by atoms with Gasteiger partial charge in [0.15, 0.2) is 0 Å². The molecule has 0 amide bonds. The van der Waals surface area contributed by atoms with Gasteiger partial charge in [-0.15, -0.1) is 0 Å². The minimum Gasteiger partial charge on any atom is -0.311 e. The first-order valence-electron chi connectivity index (χ1n) is 6.56. The van der Waals surface area contributed by atoms with Crippen LogP contribution in [0.15, 0.2) is 24.3 Å². The van der Waals surface area contributed by atoms with Gasteiger partial charge in [-0.25, -0.2) is 0 Å². The van der Waals surface area contributed by atoms with Gasteiger partial charge in [0.1, 0.15) is 0 Å². The molecule has 17 heavy (non-hydrogen) atoms. The third-order valence-corrected chi connectivity index (χ3v) is 5.39. The summed E-state index contributed by atoms with van der Waals surface area (Å²) in [5.41, 5.74) is 2.83. The maximum atomic E-state index is 3.66. The molecule has 1 fully saturated rings. The van der Waals surface area contributed by atoms with E-state index in [0.29, 0.717) is 4.75 Å². The van der Waals surface area contributed by atoms with Crippen molar-refractivity contribution in [3.63, 3.8) is 0 Å². The highest BCUT2D eigenvalue weighted by Crippen LogP contribution is 2.39. The molecule has 1 aromatic carbocycles. The summed E-state index contributed by atoms with van der Waals surface area (Å²) >= 11 is 2.06. The summed E-state index contributed by atoms with van der Waals surface area (Å²) in [5.74, 6) is 0. The smallest absolute Gasteiger partial charge is 0.0281 e. The number of benzene rings is 1. The molecule has 0 bridgehead atoms. The van der Waals surface area contributed by atoms with Gasteiger partial charge in [-0.3, -0.25) is 0 Å². The first-order chi connectivity index (χ1) is 8.26. The lowest BCUT2D eigenvalue weighted by Gasteiger charge is -2.27. The van der Waals surface area contributed by atoms with Crippen molar-refractivity contribution in [3.05, 3.63) is 35.4 Å². The van der Waals surface area contributed by atoms with Crippen LogP contribution in [-0.2, 0) is 6.54 Å². The maximum absolute atomic E-state index is 3.66. The largest absolute Gasteiger partial charge is 0.311 e. The van der Waals surface area contributed by atoms with Gasteiger partial charge in [0.05, 0.1) is 0 Å². The zero-order valence-electron chi connectivity index (χ0n) is 11.0. The number of thioether (sulfide) groups is 1. The molecule has 2 heteroatoms. The first kappa shape index (κ1) is 13.0. The zero-order chi connectivity index (χ0) is 12.1. The second kappa shape index (κ2) is 5.92. The molecular weight excluding hydrogens is 226 g/mol. The Morgan fingerprint density at radius 2 is 1.94 bits per heavy atom. The Labute approximate surface area is 109 Å². The Balaban J connectivity index is 1.85. The minimum absolute atomic E-state index is 0.517. The highest BCUT2D eigenvalue weighted by atomic mass is 32.2. The Hall–Kier alpha value is -0.470. The van der Waals surface area contributed by atoms with Crippen LogP contribution in [-0.4, -0.2) is 17.5 Å². The standard InChI is InChI=1S/C15H23NS/c1-13-7-3-4-8-14(13)11-16-12-15(17-2)9-5-6-10-15/h3-4,7-8,16H,5-6,9-12H2,1-2H3. The second-order valence-corrected chi connectivity index (χ2v) is 6.40. The average Bonchev–Trinajstić information content (AvgIpc) is 2.81. The Morgan fingerprint density at radius 1 is 1.24 bits per heavy atom. The van der Waals surface area contributed by atoms with Crippen LogP contribution < -0.4 is 5.32 Å². The van der Waals surface area contributed by atoms with Crippen molar-refractivity contribution in [2.24, 2.45) is 0 Å². The number of hydrogen-bond acceptors (Lipinski definition) is 2. The fourth-order valence-corrected chi connectivity index (χ4v) is 3.65. The predicted octanol–water partition coefficient (Wildman–Crippen LogP) is 3.76. The summed E-state index contributed by atoms with van der Waals surface area (Å²) in [7, 11) is 0.